The van der Waals surface area contributed by atoms with E-state index < -0.39 is 5.20 Å². The second-order valence-electron chi connectivity index (χ2n) is 3.19. The zero-order valence-corrected chi connectivity index (χ0v) is 12.2. The van der Waals surface area contributed by atoms with Crippen molar-refractivity contribution in [1.29, 1.82) is 0 Å². The lowest BCUT2D eigenvalue weighted by Crippen LogP contribution is -2.30. The lowest BCUT2D eigenvalue weighted by Gasteiger charge is -1.88. The predicted molar refractivity (Wildman–Crippen MR) is 68.0 cm³/mol. The van der Waals surface area contributed by atoms with Crippen LogP contribution in [0.3, 0.4) is 0 Å². The SMILES string of the molecule is Cc1nn(C)c2ccc[n+](O)c12.O=P(Cl)(Cl)Cl. The molecule has 94 valence electrons. The van der Waals surface area contributed by atoms with Crippen LogP contribution in [0.4, 0.5) is 0 Å². The molecule has 0 radical (unpaired) electrons. The summed E-state index contributed by atoms with van der Waals surface area (Å²) < 4.78 is 12.4. The molecule has 0 spiro atoms. The predicted octanol–water partition coefficient (Wildman–Crippen LogP) is 3.22. The van der Waals surface area contributed by atoms with Gasteiger partial charge in [0.2, 0.25) is 6.20 Å². The number of aryl methyl sites for hydroxylation is 2. The fourth-order valence-corrected chi connectivity index (χ4v) is 1.43. The number of nitrogens with zero attached hydrogens (tertiary/aromatic N) is 3. The van der Waals surface area contributed by atoms with Crippen LogP contribution in [0, 0.1) is 6.92 Å². The van der Waals surface area contributed by atoms with Gasteiger partial charge in [-0.25, -0.2) is 0 Å². The van der Waals surface area contributed by atoms with Crippen LogP contribution in [0.2, 0.25) is 0 Å². The molecule has 1 N–H and O–H groups in total. The van der Waals surface area contributed by atoms with Gasteiger partial charge in [0.25, 0.3) is 0 Å². The molecule has 5 nitrogen and oxygen atoms in total. The fraction of sp³-hybridized carbons (Fsp3) is 0.250. The van der Waals surface area contributed by atoms with Crippen LogP contribution in [-0.4, -0.2) is 15.0 Å². The van der Waals surface area contributed by atoms with Crippen molar-refractivity contribution in [3.05, 3.63) is 24.0 Å². The Bertz CT molecular complexity index is 572. The molecule has 0 saturated heterocycles. The number of pyridine rings is 1. The summed E-state index contributed by atoms with van der Waals surface area (Å²) in [7, 11) is 1.86. The summed E-state index contributed by atoms with van der Waals surface area (Å²) in [5.74, 6) is 0. The maximum atomic E-state index is 9.51. The summed E-state index contributed by atoms with van der Waals surface area (Å²) in [6.07, 6.45) is 1.59. The van der Waals surface area contributed by atoms with E-state index in [1.165, 1.54) is 0 Å². The number of fused-ring (bicyclic) bond motifs is 1. The minimum absolute atomic E-state index is 0.764. The highest BCUT2D eigenvalue weighted by molar-refractivity contribution is 8.24. The number of halogens is 3. The van der Waals surface area contributed by atoms with Crippen LogP contribution in [0.25, 0.3) is 11.0 Å². The topological polar surface area (TPSA) is 59.0 Å². The highest BCUT2D eigenvalue weighted by Crippen LogP contribution is 2.61. The van der Waals surface area contributed by atoms with Gasteiger partial charge < -0.3 is 0 Å². The Morgan fingerprint density at radius 1 is 1.47 bits per heavy atom. The minimum Gasteiger partial charge on any atom is -0.284 e. The normalized spacial score (nSPS) is 11.1. The second-order valence-corrected chi connectivity index (χ2v) is 9.83. The molecule has 0 bridgehead atoms. The van der Waals surface area contributed by atoms with Crippen molar-refractivity contribution in [1.82, 2.24) is 9.78 Å². The van der Waals surface area contributed by atoms with Gasteiger partial charge >= 0.3 is 10.7 Å². The summed E-state index contributed by atoms with van der Waals surface area (Å²) in [6.45, 7) is 1.87. The zero-order valence-electron chi connectivity index (χ0n) is 9.01. The molecule has 2 aromatic heterocycles. The third-order valence-corrected chi connectivity index (χ3v) is 1.94. The van der Waals surface area contributed by atoms with E-state index in [0.29, 0.717) is 0 Å². The van der Waals surface area contributed by atoms with Crippen molar-refractivity contribution in [2.24, 2.45) is 7.05 Å². The van der Waals surface area contributed by atoms with E-state index in [-0.39, 0.29) is 0 Å². The van der Waals surface area contributed by atoms with E-state index in [0.717, 1.165) is 21.5 Å². The van der Waals surface area contributed by atoms with Gasteiger partial charge in [0.05, 0.1) is 0 Å². The number of rotatable bonds is 0. The molecule has 0 aliphatic heterocycles. The molecule has 0 aromatic carbocycles. The van der Waals surface area contributed by atoms with Crippen LogP contribution in [-0.2, 0) is 11.6 Å². The minimum atomic E-state index is -3.22. The van der Waals surface area contributed by atoms with Crippen molar-refractivity contribution in [2.45, 2.75) is 6.92 Å². The van der Waals surface area contributed by atoms with Gasteiger partial charge in [0.1, 0.15) is 11.2 Å². The van der Waals surface area contributed by atoms with Gasteiger partial charge in [-0.05, 0) is 46.7 Å². The Morgan fingerprint density at radius 2 is 2.00 bits per heavy atom. The second kappa shape index (κ2) is 5.44. The summed E-state index contributed by atoms with van der Waals surface area (Å²) in [4.78, 5) is 0. The average Bonchev–Trinajstić information content (AvgIpc) is 2.41. The first-order valence-corrected chi connectivity index (χ1v) is 8.84. The molecule has 0 fully saturated rings. The summed E-state index contributed by atoms with van der Waals surface area (Å²) in [6, 6.07) is 3.70. The van der Waals surface area contributed by atoms with Crippen LogP contribution in [0.1, 0.15) is 5.69 Å². The Labute approximate surface area is 112 Å². The first-order valence-electron chi connectivity index (χ1n) is 4.42. The Kier molecular flexibility index (Phi) is 4.67. The number of hydrogen-bond acceptors (Lipinski definition) is 3. The molecule has 9 heteroatoms. The molecule has 2 rings (SSSR count). The zero-order chi connectivity index (χ0) is 13.2. The van der Waals surface area contributed by atoms with Gasteiger partial charge in [-0.2, -0.15) is 5.10 Å². The lowest BCUT2D eigenvalue weighted by atomic mass is 10.3. The van der Waals surface area contributed by atoms with Crippen LogP contribution >= 0.6 is 38.9 Å². The van der Waals surface area contributed by atoms with E-state index in [9.17, 15) is 9.77 Å². The average molecular weight is 318 g/mol. The summed E-state index contributed by atoms with van der Waals surface area (Å²) in [5, 5.41) is 10.4. The maximum Gasteiger partial charge on any atom is 0.339 e. The first kappa shape index (κ1) is 14.6. The molecule has 17 heavy (non-hydrogen) atoms. The van der Waals surface area contributed by atoms with E-state index in [1.54, 1.807) is 16.9 Å². The molecule has 0 atom stereocenters. The molecule has 0 aliphatic carbocycles. The monoisotopic (exact) mass is 316 g/mol. The molecule has 0 aliphatic rings. The van der Waals surface area contributed by atoms with Gasteiger partial charge in [0, 0.05) is 17.8 Å². The van der Waals surface area contributed by atoms with Crippen molar-refractivity contribution in [2.75, 3.05) is 0 Å². The lowest BCUT2D eigenvalue weighted by molar-refractivity contribution is -0.884. The highest BCUT2D eigenvalue weighted by Gasteiger charge is 2.15. The van der Waals surface area contributed by atoms with Crippen LogP contribution in [0.15, 0.2) is 18.3 Å². The van der Waals surface area contributed by atoms with E-state index >= 15 is 0 Å². The molecule has 0 amide bonds. The highest BCUT2D eigenvalue weighted by atomic mass is 36.0. The summed E-state index contributed by atoms with van der Waals surface area (Å²) in [5.41, 5.74) is 2.52. The number of hydrogen-bond donors (Lipinski definition) is 1. The maximum absolute atomic E-state index is 9.51. The van der Waals surface area contributed by atoms with E-state index in [4.69, 9.17) is 0 Å². The van der Waals surface area contributed by atoms with Gasteiger partial charge in [-0.1, -0.05) is 0 Å². The third kappa shape index (κ3) is 4.36. The van der Waals surface area contributed by atoms with E-state index in [1.807, 2.05) is 20.0 Å². The molecular weight excluding hydrogens is 307 g/mol. The van der Waals surface area contributed by atoms with Crippen molar-refractivity contribution in [3.63, 3.8) is 0 Å². The van der Waals surface area contributed by atoms with Gasteiger partial charge in [-0.3, -0.25) is 14.5 Å². The van der Waals surface area contributed by atoms with E-state index in [2.05, 4.69) is 38.8 Å². The third-order valence-electron chi connectivity index (χ3n) is 1.94. The molecular formula is C8H10Cl3N3O2P+. The van der Waals surface area contributed by atoms with Crippen molar-refractivity contribution >= 4 is 50.0 Å². The molecule has 0 saturated carbocycles. The quantitative estimate of drug-likeness (QED) is 0.461. The largest absolute Gasteiger partial charge is 0.339 e. The Hall–Kier alpha value is -0.480. The van der Waals surface area contributed by atoms with Gasteiger partial charge in [0.15, 0.2) is 0 Å². The number of aromatic nitrogens is 3. The van der Waals surface area contributed by atoms with Crippen LogP contribution < -0.4 is 4.73 Å². The summed E-state index contributed by atoms with van der Waals surface area (Å²) >= 11 is 13.8. The van der Waals surface area contributed by atoms with Crippen molar-refractivity contribution in [3.8, 4) is 0 Å². The molecule has 2 heterocycles. The van der Waals surface area contributed by atoms with Crippen LogP contribution in [0.5, 0.6) is 0 Å². The first-order chi connectivity index (χ1) is 7.70. The molecule has 0 unspecified atom stereocenters. The Balaban J connectivity index is 0.000000249. The van der Waals surface area contributed by atoms with Gasteiger partial charge in [-0.15, -0.1) is 0 Å². The standard InChI is InChI=1S/C8H10N3O.Cl3OP/c1-6-8-7(10(2)9-6)4-3-5-11(8)12;1-5(2,3)4/h3-5,12H,1-2H3;/q+1;. The Morgan fingerprint density at radius 3 is 2.47 bits per heavy atom. The smallest absolute Gasteiger partial charge is 0.284 e. The van der Waals surface area contributed by atoms with Crippen molar-refractivity contribution < 1.29 is 14.5 Å². The molecule has 2 aromatic rings. The fourth-order valence-electron chi connectivity index (χ4n) is 1.43.